The van der Waals surface area contributed by atoms with Gasteiger partial charge in [0.2, 0.25) is 5.91 Å². The van der Waals surface area contributed by atoms with Crippen molar-refractivity contribution in [2.75, 3.05) is 13.1 Å². The Morgan fingerprint density at radius 2 is 2.23 bits per heavy atom. The van der Waals surface area contributed by atoms with Crippen molar-refractivity contribution in [3.8, 4) is 0 Å². The van der Waals surface area contributed by atoms with Crippen molar-refractivity contribution in [2.24, 2.45) is 5.92 Å². The summed E-state index contributed by atoms with van der Waals surface area (Å²) in [5, 5.41) is 22.1. The zero-order chi connectivity index (χ0) is 18.9. The number of β-amino-alcohol motifs (C(OH)–C–C–N with tert-alkyl or cyclic N) is 1. The van der Waals surface area contributed by atoms with Gasteiger partial charge in [0.05, 0.1) is 16.7 Å². The molecule has 3 rings (SSSR count). The molecule has 3 heterocycles. The van der Waals surface area contributed by atoms with Gasteiger partial charge < -0.3 is 15.3 Å². The van der Waals surface area contributed by atoms with Crippen molar-refractivity contribution < 1.29 is 14.7 Å². The average molecular weight is 376 g/mol. The van der Waals surface area contributed by atoms with E-state index in [9.17, 15) is 14.7 Å². The molecule has 140 valence electrons. The summed E-state index contributed by atoms with van der Waals surface area (Å²) in [4.78, 5) is 27.4. The highest BCUT2D eigenvalue weighted by atomic mass is 32.1. The van der Waals surface area contributed by atoms with Crippen molar-refractivity contribution in [1.82, 2.24) is 20.4 Å². The summed E-state index contributed by atoms with van der Waals surface area (Å²) in [5.41, 5.74) is 0.808. The van der Waals surface area contributed by atoms with Crippen LogP contribution in [0.3, 0.4) is 0 Å². The maximum atomic E-state index is 12.9. The molecule has 2 atom stereocenters. The molecule has 0 radical (unpaired) electrons. The third kappa shape index (κ3) is 3.96. The average Bonchev–Trinajstić information content (AvgIpc) is 3.29. The monoisotopic (exact) mass is 376 g/mol. The summed E-state index contributed by atoms with van der Waals surface area (Å²) in [6, 6.07) is 5.47. The quantitative estimate of drug-likeness (QED) is 0.734. The summed E-state index contributed by atoms with van der Waals surface area (Å²) >= 11 is 1.33. The number of aliphatic hydroxyl groups excluding tert-OH is 1. The Balaban J connectivity index is 1.62. The number of thiophene rings is 1. The third-order valence-electron chi connectivity index (χ3n) is 4.63. The molecular weight excluding hydrogens is 352 g/mol. The molecule has 8 heteroatoms. The van der Waals surface area contributed by atoms with Crippen LogP contribution in [0.25, 0.3) is 0 Å². The molecule has 3 N–H and O–H groups in total. The molecule has 26 heavy (non-hydrogen) atoms. The molecule has 1 aliphatic rings. The minimum absolute atomic E-state index is 0.0644. The number of likely N-dealkylation sites (tertiary alicyclic amines) is 1. The number of amides is 2. The number of carbonyl (C=O) groups excluding carboxylic acids is 2. The van der Waals surface area contributed by atoms with Crippen LogP contribution in [0, 0.1) is 12.8 Å². The van der Waals surface area contributed by atoms with Crippen molar-refractivity contribution in [1.29, 1.82) is 0 Å². The second-order valence-corrected chi connectivity index (χ2v) is 8.29. The Bertz CT molecular complexity index is 784. The molecule has 2 amide bonds. The third-order valence-corrected chi connectivity index (χ3v) is 5.50. The Morgan fingerprint density at radius 1 is 1.46 bits per heavy atom. The molecule has 0 unspecified atom stereocenters. The van der Waals surface area contributed by atoms with E-state index in [4.69, 9.17) is 0 Å². The van der Waals surface area contributed by atoms with Gasteiger partial charge in [-0.15, -0.1) is 11.3 Å². The second-order valence-electron chi connectivity index (χ2n) is 7.34. The molecule has 0 aromatic carbocycles. The topological polar surface area (TPSA) is 98.3 Å². The molecule has 0 bridgehead atoms. The molecule has 1 saturated heterocycles. The van der Waals surface area contributed by atoms with E-state index in [1.807, 2.05) is 18.4 Å². The van der Waals surface area contributed by atoms with Gasteiger partial charge in [-0.05, 0) is 44.7 Å². The van der Waals surface area contributed by atoms with Gasteiger partial charge in [-0.25, -0.2) is 0 Å². The number of hydrogen-bond donors (Lipinski definition) is 3. The van der Waals surface area contributed by atoms with Crippen LogP contribution < -0.4 is 5.32 Å². The summed E-state index contributed by atoms with van der Waals surface area (Å²) < 4.78 is 0. The summed E-state index contributed by atoms with van der Waals surface area (Å²) in [6.07, 6.45) is 0.0110. The second kappa shape index (κ2) is 7.20. The van der Waals surface area contributed by atoms with E-state index in [0.717, 1.165) is 11.4 Å². The number of H-pyrrole nitrogens is 1. The highest BCUT2D eigenvalue weighted by Crippen LogP contribution is 2.24. The van der Waals surface area contributed by atoms with Gasteiger partial charge in [-0.1, -0.05) is 6.07 Å². The van der Waals surface area contributed by atoms with Gasteiger partial charge in [0.25, 0.3) is 5.91 Å². The lowest BCUT2D eigenvalue weighted by molar-refractivity contribution is -0.136. The van der Waals surface area contributed by atoms with Gasteiger partial charge in [0.1, 0.15) is 5.54 Å². The maximum absolute atomic E-state index is 12.9. The van der Waals surface area contributed by atoms with E-state index >= 15 is 0 Å². The van der Waals surface area contributed by atoms with Crippen LogP contribution >= 0.6 is 11.3 Å². The zero-order valence-corrected chi connectivity index (χ0v) is 16.0. The lowest BCUT2D eigenvalue weighted by Gasteiger charge is -2.30. The van der Waals surface area contributed by atoms with Crippen molar-refractivity contribution >= 4 is 23.2 Å². The zero-order valence-electron chi connectivity index (χ0n) is 15.2. The predicted molar refractivity (Wildman–Crippen MR) is 99.0 cm³/mol. The van der Waals surface area contributed by atoms with Crippen LogP contribution in [0.4, 0.5) is 0 Å². The Kier molecular flexibility index (Phi) is 5.15. The summed E-state index contributed by atoms with van der Waals surface area (Å²) in [7, 11) is 0. The highest BCUT2D eigenvalue weighted by molar-refractivity contribution is 7.12. The molecule has 7 nitrogen and oxygen atoms in total. The fraction of sp³-hybridized carbons (Fsp3) is 0.500. The summed E-state index contributed by atoms with van der Waals surface area (Å²) in [5.74, 6) is -0.519. The minimum Gasteiger partial charge on any atom is -0.391 e. The number of aromatic nitrogens is 2. The fourth-order valence-electron chi connectivity index (χ4n) is 3.27. The number of carbonyl (C=O) groups is 2. The van der Waals surface area contributed by atoms with Gasteiger partial charge in [0, 0.05) is 24.7 Å². The van der Waals surface area contributed by atoms with Crippen LogP contribution in [0.1, 0.15) is 34.9 Å². The van der Waals surface area contributed by atoms with Gasteiger partial charge in [-0.2, -0.15) is 5.10 Å². The van der Waals surface area contributed by atoms with Crippen LogP contribution in [0.5, 0.6) is 0 Å². The van der Waals surface area contributed by atoms with Crippen molar-refractivity contribution in [3.05, 3.63) is 39.8 Å². The predicted octanol–water partition coefficient (Wildman–Crippen LogP) is 1.35. The van der Waals surface area contributed by atoms with Crippen LogP contribution in [-0.2, 0) is 11.2 Å². The number of aromatic amines is 1. The molecule has 0 spiro atoms. The van der Waals surface area contributed by atoms with E-state index in [0.29, 0.717) is 17.8 Å². The molecule has 0 saturated carbocycles. The lowest BCUT2D eigenvalue weighted by atomic mass is 10.00. The number of hydrogen-bond acceptors (Lipinski definition) is 5. The van der Waals surface area contributed by atoms with Crippen LogP contribution in [0.15, 0.2) is 23.6 Å². The molecule has 2 aromatic heterocycles. The smallest absolute Gasteiger partial charge is 0.262 e. The number of nitrogens with one attached hydrogen (secondary N) is 2. The summed E-state index contributed by atoms with van der Waals surface area (Å²) in [6.45, 7) is 6.03. The molecule has 1 fully saturated rings. The van der Waals surface area contributed by atoms with E-state index < -0.39 is 11.6 Å². The maximum Gasteiger partial charge on any atom is 0.262 e. The van der Waals surface area contributed by atoms with Gasteiger partial charge in [0.15, 0.2) is 0 Å². The first-order valence-corrected chi connectivity index (χ1v) is 9.48. The van der Waals surface area contributed by atoms with E-state index in [1.165, 1.54) is 11.3 Å². The first kappa shape index (κ1) is 18.6. The fourth-order valence-corrected chi connectivity index (χ4v) is 3.89. The standard InChI is InChI=1S/C18H24N4O3S/c1-11-7-13(21-20-11)8-12-9-22(10-14(12)23)17(25)18(2,3)19-16(24)15-5-4-6-26-15/h4-7,12,14,23H,8-10H2,1-3H3,(H,19,24)(H,20,21)/t12-,14-/m1/s1. The lowest BCUT2D eigenvalue weighted by Crippen LogP contribution is -2.55. The normalized spacial score (nSPS) is 20.4. The Hall–Kier alpha value is -2.19. The number of aryl methyl sites for hydroxylation is 1. The Labute approximate surface area is 156 Å². The van der Waals surface area contributed by atoms with Gasteiger partial charge >= 0.3 is 0 Å². The van der Waals surface area contributed by atoms with Crippen LogP contribution in [0.2, 0.25) is 0 Å². The first-order valence-electron chi connectivity index (χ1n) is 8.60. The largest absolute Gasteiger partial charge is 0.391 e. The van der Waals surface area contributed by atoms with E-state index in [-0.39, 0.29) is 24.3 Å². The van der Waals surface area contributed by atoms with Crippen molar-refractivity contribution in [3.63, 3.8) is 0 Å². The molecular formula is C18H24N4O3S. The van der Waals surface area contributed by atoms with Crippen molar-refractivity contribution in [2.45, 2.75) is 38.8 Å². The van der Waals surface area contributed by atoms with E-state index in [2.05, 4.69) is 15.5 Å². The molecule has 2 aromatic rings. The minimum atomic E-state index is -1.04. The van der Waals surface area contributed by atoms with E-state index in [1.54, 1.807) is 30.9 Å². The molecule has 1 aliphatic heterocycles. The number of rotatable bonds is 5. The number of nitrogens with zero attached hydrogens (tertiary/aromatic N) is 2. The number of aliphatic hydroxyl groups is 1. The Morgan fingerprint density at radius 3 is 2.85 bits per heavy atom. The first-order chi connectivity index (χ1) is 12.3. The molecule has 0 aliphatic carbocycles. The highest BCUT2D eigenvalue weighted by Gasteiger charge is 2.40. The van der Waals surface area contributed by atoms with Gasteiger partial charge in [-0.3, -0.25) is 14.7 Å². The van der Waals surface area contributed by atoms with Crippen LogP contribution in [-0.4, -0.2) is 56.8 Å². The SMILES string of the molecule is Cc1cc(C[C@@H]2CN(C(=O)C(C)(C)NC(=O)c3cccs3)C[C@H]2O)n[nH]1.